The number of nitrogens with zero attached hydrogens (tertiary/aromatic N) is 2. The number of hydrogen-bond donors (Lipinski definition) is 1. The second-order valence-corrected chi connectivity index (χ2v) is 8.90. The molecule has 5 nitrogen and oxygen atoms in total. The van der Waals surface area contributed by atoms with Gasteiger partial charge in [-0.15, -0.1) is 0 Å². The maximum atomic E-state index is 12.5. The van der Waals surface area contributed by atoms with E-state index < -0.39 is 0 Å². The van der Waals surface area contributed by atoms with Crippen LogP contribution in [-0.2, 0) is 9.59 Å². The van der Waals surface area contributed by atoms with Crippen molar-refractivity contribution in [2.75, 3.05) is 18.8 Å². The second-order valence-electron chi connectivity index (χ2n) is 5.22. The number of hydrogen-bond acceptors (Lipinski definition) is 6. The van der Waals surface area contributed by atoms with Crippen molar-refractivity contribution < 1.29 is 9.59 Å². The lowest BCUT2D eigenvalue weighted by molar-refractivity contribution is -0.123. The zero-order valence-electron chi connectivity index (χ0n) is 13.0. The van der Waals surface area contributed by atoms with Crippen molar-refractivity contribution >= 4 is 79.1 Å². The van der Waals surface area contributed by atoms with Gasteiger partial charge in [-0.2, -0.15) is 0 Å². The van der Waals surface area contributed by atoms with Crippen molar-refractivity contribution in [1.29, 1.82) is 0 Å². The Morgan fingerprint density at radius 1 is 1.48 bits per heavy atom. The molecule has 0 bridgehead atoms. The molecule has 9 heteroatoms. The summed E-state index contributed by atoms with van der Waals surface area (Å²) in [6, 6.07) is 7.68. The lowest BCUT2D eigenvalue weighted by atomic mass is 10.2. The lowest BCUT2D eigenvalue weighted by Crippen LogP contribution is -2.34. The van der Waals surface area contributed by atoms with E-state index in [0.717, 1.165) is 22.3 Å². The Kier molecular flexibility index (Phi) is 6.32. The number of rotatable bonds is 4. The highest BCUT2D eigenvalue weighted by Gasteiger charge is 2.32. The van der Waals surface area contributed by atoms with Crippen molar-refractivity contribution in [3.8, 4) is 0 Å². The highest BCUT2D eigenvalue weighted by molar-refractivity contribution is 9.10. The van der Waals surface area contributed by atoms with Gasteiger partial charge in [-0.05, 0) is 23.8 Å². The highest BCUT2D eigenvalue weighted by atomic mass is 79.9. The minimum atomic E-state index is -0.157. The molecule has 1 fully saturated rings. The Hall–Kier alpha value is -1.16. The maximum Gasteiger partial charge on any atom is 0.266 e. The topological polar surface area (TPSA) is 61.8 Å². The number of aliphatic imine (C=N–C) groups is 1. The zero-order chi connectivity index (χ0) is 17.8. The maximum absolute atomic E-state index is 12.5. The molecular weight excluding hydrogens is 442 g/mol. The number of benzene rings is 1. The molecule has 2 aliphatic rings. The average Bonchev–Trinajstić information content (AvgIpc) is 3.15. The summed E-state index contributed by atoms with van der Waals surface area (Å²) in [5.41, 5.74) is 0.920. The molecule has 0 spiro atoms. The quantitative estimate of drug-likeness (QED) is 0.557. The number of amidine groups is 1. The smallest absolute Gasteiger partial charge is 0.266 e. The fraction of sp³-hybridized carbons (Fsp3) is 0.250. The number of amides is 2. The predicted molar refractivity (Wildman–Crippen MR) is 112 cm³/mol. The normalized spacial score (nSPS) is 18.8. The van der Waals surface area contributed by atoms with E-state index in [2.05, 4.69) is 26.2 Å². The number of carbonyl (C=O) groups is 2. The monoisotopic (exact) mass is 455 g/mol. The van der Waals surface area contributed by atoms with E-state index in [0.29, 0.717) is 14.4 Å². The number of carbonyl (C=O) groups excluding carboxylic acids is 2. The molecule has 0 atom stereocenters. The molecule has 0 saturated carbocycles. The summed E-state index contributed by atoms with van der Waals surface area (Å²) in [6.45, 7) is 1.000. The third-order valence-corrected chi connectivity index (χ3v) is 6.18. The van der Waals surface area contributed by atoms with Crippen LogP contribution in [0.3, 0.4) is 0 Å². The van der Waals surface area contributed by atoms with Crippen LogP contribution in [0.2, 0.25) is 0 Å². The number of nitrogens with one attached hydrogen (secondary N) is 1. The largest absolute Gasteiger partial charge is 0.305 e. The summed E-state index contributed by atoms with van der Waals surface area (Å²) >= 11 is 11.5. The van der Waals surface area contributed by atoms with Crippen LogP contribution < -0.4 is 5.32 Å². The van der Waals surface area contributed by atoms with Crippen LogP contribution in [0.5, 0.6) is 0 Å². The van der Waals surface area contributed by atoms with Gasteiger partial charge in [0, 0.05) is 23.2 Å². The molecule has 1 aromatic rings. The van der Waals surface area contributed by atoms with Crippen LogP contribution >= 0.6 is 51.7 Å². The SMILES string of the molecule is O=C(CCN1C(=O)/C(=C/c2cccc(Br)c2)SC1=S)NC1=NCCS1. The summed E-state index contributed by atoms with van der Waals surface area (Å²) in [6.07, 6.45) is 2.00. The molecule has 2 amide bonds. The van der Waals surface area contributed by atoms with Crippen molar-refractivity contribution in [2.24, 2.45) is 4.99 Å². The van der Waals surface area contributed by atoms with Crippen LogP contribution in [0.1, 0.15) is 12.0 Å². The van der Waals surface area contributed by atoms with Gasteiger partial charge in [0.2, 0.25) is 5.91 Å². The van der Waals surface area contributed by atoms with Crippen LogP contribution in [0.25, 0.3) is 6.08 Å². The first-order chi connectivity index (χ1) is 12.0. The first-order valence-corrected chi connectivity index (χ1v) is 10.5. The van der Waals surface area contributed by atoms with E-state index in [1.807, 2.05) is 30.3 Å². The molecular formula is C16H14BrN3O2S3. The fourth-order valence-electron chi connectivity index (χ4n) is 2.25. The first kappa shape index (κ1) is 18.6. The third kappa shape index (κ3) is 4.93. The first-order valence-electron chi connectivity index (χ1n) is 7.51. The van der Waals surface area contributed by atoms with Gasteiger partial charge in [-0.3, -0.25) is 19.5 Å². The molecule has 0 aliphatic carbocycles. The Bertz CT molecular complexity index is 795. The summed E-state index contributed by atoms with van der Waals surface area (Å²) in [7, 11) is 0. The van der Waals surface area contributed by atoms with Gasteiger partial charge in [0.05, 0.1) is 11.4 Å². The molecule has 1 N–H and O–H groups in total. The molecule has 1 aromatic carbocycles. The van der Waals surface area contributed by atoms with Crippen molar-refractivity contribution in [3.05, 3.63) is 39.2 Å². The molecule has 130 valence electrons. The Balaban J connectivity index is 1.60. The Labute approximate surface area is 167 Å². The molecule has 2 aliphatic heterocycles. The Morgan fingerprint density at radius 2 is 2.32 bits per heavy atom. The van der Waals surface area contributed by atoms with Crippen LogP contribution in [0.4, 0.5) is 0 Å². The average molecular weight is 456 g/mol. The molecule has 2 heterocycles. The lowest BCUT2D eigenvalue weighted by Gasteiger charge is -2.13. The summed E-state index contributed by atoms with van der Waals surface area (Å²) < 4.78 is 1.42. The van der Waals surface area contributed by atoms with Crippen LogP contribution in [0.15, 0.2) is 38.6 Å². The molecule has 0 unspecified atom stereocenters. The van der Waals surface area contributed by atoms with E-state index in [9.17, 15) is 9.59 Å². The second kappa shape index (κ2) is 8.48. The van der Waals surface area contributed by atoms with Gasteiger partial charge >= 0.3 is 0 Å². The van der Waals surface area contributed by atoms with Gasteiger partial charge in [0.1, 0.15) is 4.32 Å². The summed E-state index contributed by atoms with van der Waals surface area (Å²) in [5.74, 6) is 0.582. The van der Waals surface area contributed by atoms with E-state index in [1.54, 1.807) is 0 Å². The van der Waals surface area contributed by atoms with Crippen LogP contribution in [0, 0.1) is 0 Å². The van der Waals surface area contributed by atoms with Gasteiger partial charge in [-0.25, -0.2) is 0 Å². The molecule has 3 rings (SSSR count). The highest BCUT2D eigenvalue weighted by Crippen LogP contribution is 2.32. The van der Waals surface area contributed by atoms with Gasteiger partial charge < -0.3 is 5.32 Å². The van der Waals surface area contributed by atoms with Crippen LogP contribution in [-0.4, -0.2) is 45.0 Å². The van der Waals surface area contributed by atoms with E-state index in [1.165, 1.54) is 28.4 Å². The fourth-order valence-corrected chi connectivity index (χ4v) is 4.72. The van der Waals surface area contributed by atoms with Crippen molar-refractivity contribution in [2.45, 2.75) is 6.42 Å². The Morgan fingerprint density at radius 3 is 3.04 bits per heavy atom. The summed E-state index contributed by atoms with van der Waals surface area (Å²) in [5, 5.41) is 3.41. The van der Waals surface area contributed by atoms with Gasteiger partial charge in [0.15, 0.2) is 5.17 Å². The zero-order valence-corrected chi connectivity index (χ0v) is 17.1. The van der Waals surface area contributed by atoms with Gasteiger partial charge in [-0.1, -0.05) is 63.8 Å². The minimum absolute atomic E-state index is 0.154. The molecule has 0 radical (unpaired) electrons. The number of thiocarbonyl (C=S) groups is 1. The predicted octanol–water partition coefficient (Wildman–Crippen LogP) is 3.26. The standard InChI is InChI=1S/C16H14BrN3O2S3/c17-11-3-1-2-10(8-11)9-12-14(22)20(16(23)25-12)6-4-13(21)19-15-18-5-7-24-15/h1-3,8-9H,4-7H2,(H,18,19,21)/b12-9-. The van der Waals surface area contributed by atoms with E-state index in [-0.39, 0.29) is 24.8 Å². The third-order valence-electron chi connectivity index (χ3n) is 3.41. The summed E-state index contributed by atoms with van der Waals surface area (Å²) in [4.78, 5) is 30.7. The minimum Gasteiger partial charge on any atom is -0.305 e. The molecule has 0 aromatic heterocycles. The van der Waals surface area contributed by atoms with Gasteiger partial charge in [0.25, 0.3) is 5.91 Å². The van der Waals surface area contributed by atoms with Crippen molar-refractivity contribution in [1.82, 2.24) is 10.2 Å². The molecule has 25 heavy (non-hydrogen) atoms. The van der Waals surface area contributed by atoms with E-state index in [4.69, 9.17) is 12.2 Å². The van der Waals surface area contributed by atoms with E-state index >= 15 is 0 Å². The number of thioether (sulfide) groups is 2. The molecule has 1 saturated heterocycles. The number of halogens is 1. The van der Waals surface area contributed by atoms with Crippen molar-refractivity contribution in [3.63, 3.8) is 0 Å².